The van der Waals surface area contributed by atoms with E-state index in [1.165, 1.54) is 28.1 Å². The van der Waals surface area contributed by atoms with Crippen molar-refractivity contribution in [2.75, 3.05) is 34.1 Å². The van der Waals surface area contributed by atoms with Gasteiger partial charge >= 0.3 is 5.97 Å². The van der Waals surface area contributed by atoms with Crippen LogP contribution in [0.1, 0.15) is 106 Å². The van der Waals surface area contributed by atoms with Gasteiger partial charge in [0, 0.05) is 69.9 Å². The van der Waals surface area contributed by atoms with Gasteiger partial charge in [0.15, 0.2) is 22.4 Å². The minimum atomic E-state index is -3.32. The van der Waals surface area contributed by atoms with Crippen LogP contribution in [0.25, 0.3) is 0 Å². The maximum absolute atomic E-state index is 14.4. The molecule has 1 aromatic heterocycles. The third-order valence-electron chi connectivity index (χ3n) is 15.2. The van der Waals surface area contributed by atoms with E-state index in [-0.39, 0.29) is 36.0 Å². The van der Waals surface area contributed by atoms with Gasteiger partial charge in [-0.2, -0.15) is 0 Å². The second kappa shape index (κ2) is 22.8. The molecule has 2 aromatic rings. The molecule has 19 nitrogen and oxygen atoms in total. The maximum Gasteiger partial charge on any atom is 0.311 e. The van der Waals surface area contributed by atoms with Crippen LogP contribution in [-0.4, -0.2) is 179 Å². The van der Waals surface area contributed by atoms with Gasteiger partial charge in [-0.25, -0.2) is 13.1 Å². The number of aromatic nitrogens is 3. The molecule has 0 radical (unpaired) electrons. The summed E-state index contributed by atoms with van der Waals surface area (Å²) in [7, 11) is 1.56. The van der Waals surface area contributed by atoms with Crippen molar-refractivity contribution in [2.24, 2.45) is 23.7 Å². The normalized spacial score (nSPS) is 40.1. The lowest BCUT2D eigenvalue weighted by molar-refractivity contribution is -0.319. The number of aliphatic hydroxyl groups is 4. The highest BCUT2D eigenvalue weighted by atomic mass is 32.2. The lowest BCUT2D eigenvalue weighted by Gasteiger charge is -2.50. The Hall–Kier alpha value is -2.99. The molecule has 392 valence electrons. The molecule has 0 saturated carbocycles. The van der Waals surface area contributed by atoms with Crippen molar-refractivity contribution in [1.29, 1.82) is 0 Å². The van der Waals surface area contributed by atoms with E-state index < -0.39 is 118 Å². The SMILES string of the molecule is CC[C@H]1OC(=O)[C@H](C)[C@@H](O[C@H]2C[C@@](C)(OC)[C@@H](O)[C@H](C)O2)[C@H](C)[C@@H](O[C@@H]2O[C@H](C)C[C@H](N(C)CCc3cn(Cc4ccc(S(C)(=O)=O)cc4)nn3)[C@H]2O)[C@](C)(OC)C[C@@H](C)C(=O)[C@H](C)[C@@H](O)[C@]1(C)O. The summed E-state index contributed by atoms with van der Waals surface area (Å²) in [6.07, 6.45) is -6.27. The van der Waals surface area contributed by atoms with E-state index in [4.69, 9.17) is 33.2 Å². The number of Topliss-reactive ketones (excluding diaryl/α,β-unsaturated/α-hetero) is 1. The van der Waals surface area contributed by atoms with Crippen LogP contribution in [0.4, 0.5) is 0 Å². The Morgan fingerprint density at radius 2 is 1.54 bits per heavy atom. The van der Waals surface area contributed by atoms with Gasteiger partial charge in [0.2, 0.25) is 0 Å². The van der Waals surface area contributed by atoms with Crippen molar-refractivity contribution in [3.63, 3.8) is 0 Å². The number of nitrogens with zero attached hydrogens (tertiary/aromatic N) is 4. The number of carbonyl (C=O) groups is 2. The molecule has 0 amide bonds. The van der Waals surface area contributed by atoms with E-state index in [1.54, 1.807) is 70.5 Å². The van der Waals surface area contributed by atoms with Crippen LogP contribution < -0.4 is 0 Å². The molecule has 0 bridgehead atoms. The summed E-state index contributed by atoms with van der Waals surface area (Å²) in [5.41, 5.74) is -2.85. The topological polar surface area (TPSA) is 248 Å². The van der Waals surface area contributed by atoms with Gasteiger partial charge in [0.25, 0.3) is 0 Å². The molecule has 69 heavy (non-hydrogen) atoms. The predicted octanol–water partition coefficient (Wildman–Crippen LogP) is 3.10. The Kier molecular flexibility index (Phi) is 18.8. The average Bonchev–Trinajstić information content (AvgIpc) is 3.75. The standard InChI is InChI=1S/C49H80N4O15S/c1-15-37-49(10,59)42(56)29(4)39(54)27(2)23-48(9,63-13)44(30(5)41(31(6)45(58)66-37)67-38-24-47(8,62-12)43(57)32(7)65-38)68-46-40(55)36(22-28(3)64-46)52(11)21-20-34-26-53(51-50-34)25-33-16-18-35(19-17-33)69(14,60)61/h16-19,26-32,36-38,40-44,46,55-57,59H,15,20-25H2,1-14H3/t27-,28-,29+,30+,31-,32+,36+,37-,38+,40-,41+,42-,43+,44-,46+,47-,48-,49-/m1/s1. The van der Waals surface area contributed by atoms with E-state index >= 15 is 0 Å². The van der Waals surface area contributed by atoms with Gasteiger partial charge in [-0.15, -0.1) is 5.10 Å². The van der Waals surface area contributed by atoms with Crippen LogP contribution in [0.3, 0.4) is 0 Å². The third-order valence-corrected chi connectivity index (χ3v) is 16.3. The number of hydrogen-bond acceptors (Lipinski definition) is 18. The molecule has 0 spiro atoms. The molecular weight excluding hydrogens is 917 g/mol. The number of hydrogen-bond donors (Lipinski definition) is 4. The molecule has 3 aliphatic rings. The summed E-state index contributed by atoms with van der Waals surface area (Å²) < 4.78 is 70.1. The van der Waals surface area contributed by atoms with Crippen molar-refractivity contribution in [2.45, 2.75) is 197 Å². The molecule has 3 fully saturated rings. The van der Waals surface area contributed by atoms with Crippen molar-refractivity contribution < 1.29 is 71.6 Å². The van der Waals surface area contributed by atoms with Crippen LogP contribution in [0.5, 0.6) is 0 Å². The first-order valence-electron chi connectivity index (χ1n) is 24.2. The van der Waals surface area contributed by atoms with Crippen LogP contribution >= 0.6 is 0 Å². The van der Waals surface area contributed by atoms with E-state index in [1.807, 2.05) is 32.0 Å². The van der Waals surface area contributed by atoms with Crippen molar-refractivity contribution in [3.05, 3.63) is 41.7 Å². The summed E-state index contributed by atoms with van der Waals surface area (Å²) in [5, 5.41) is 55.3. The molecule has 3 saturated heterocycles. The Bertz CT molecular complexity index is 2130. The molecule has 4 N–H and O–H groups in total. The summed E-state index contributed by atoms with van der Waals surface area (Å²) in [6, 6.07) is 6.17. The second-order valence-corrected chi connectivity index (χ2v) is 22.7. The zero-order valence-corrected chi connectivity index (χ0v) is 43.8. The van der Waals surface area contributed by atoms with E-state index in [9.17, 15) is 38.4 Å². The van der Waals surface area contributed by atoms with Crippen LogP contribution in [0, 0.1) is 23.7 Å². The largest absolute Gasteiger partial charge is 0.459 e. The highest BCUT2D eigenvalue weighted by molar-refractivity contribution is 7.90. The Morgan fingerprint density at radius 1 is 0.899 bits per heavy atom. The first-order chi connectivity index (χ1) is 32.1. The Balaban J connectivity index is 1.46. The number of esters is 1. The summed E-state index contributed by atoms with van der Waals surface area (Å²) in [6.45, 7) is 17.8. The molecule has 0 aliphatic carbocycles. The third kappa shape index (κ3) is 13.0. The fourth-order valence-electron chi connectivity index (χ4n) is 10.5. The second-order valence-electron chi connectivity index (χ2n) is 20.7. The average molecular weight is 997 g/mol. The zero-order valence-electron chi connectivity index (χ0n) is 43.0. The number of ether oxygens (including phenoxy) is 7. The van der Waals surface area contributed by atoms with E-state index in [0.29, 0.717) is 25.9 Å². The monoisotopic (exact) mass is 997 g/mol. The van der Waals surface area contributed by atoms with Gasteiger partial charge in [0.05, 0.1) is 64.8 Å². The number of aliphatic hydroxyl groups excluding tert-OH is 3. The number of rotatable bonds is 14. The first-order valence-corrected chi connectivity index (χ1v) is 26.1. The summed E-state index contributed by atoms with van der Waals surface area (Å²) in [5.74, 6) is -4.79. The molecule has 4 heterocycles. The van der Waals surface area contributed by atoms with Crippen molar-refractivity contribution in [1.82, 2.24) is 19.9 Å². The zero-order chi connectivity index (χ0) is 51.6. The van der Waals surface area contributed by atoms with Gasteiger partial charge in [-0.1, -0.05) is 45.0 Å². The van der Waals surface area contributed by atoms with Gasteiger partial charge in [-0.05, 0) is 85.5 Å². The smallest absolute Gasteiger partial charge is 0.311 e. The number of methoxy groups -OCH3 is 2. The predicted molar refractivity (Wildman–Crippen MR) is 252 cm³/mol. The van der Waals surface area contributed by atoms with E-state index in [0.717, 1.165) is 17.5 Å². The summed E-state index contributed by atoms with van der Waals surface area (Å²) in [4.78, 5) is 30.9. The fraction of sp³-hybridized carbons (Fsp3) is 0.796. The highest BCUT2D eigenvalue weighted by Gasteiger charge is 2.54. The number of ketones is 1. The van der Waals surface area contributed by atoms with Crippen LogP contribution in [0.2, 0.25) is 0 Å². The number of carbonyl (C=O) groups excluding carboxylic acids is 2. The number of cyclic esters (lactones) is 1. The van der Waals surface area contributed by atoms with Crippen molar-refractivity contribution in [3.8, 4) is 0 Å². The van der Waals surface area contributed by atoms with Crippen LogP contribution in [-0.2, 0) is 65.5 Å². The Morgan fingerprint density at radius 3 is 2.13 bits per heavy atom. The van der Waals surface area contributed by atoms with E-state index in [2.05, 4.69) is 10.3 Å². The molecule has 1 aromatic carbocycles. The minimum Gasteiger partial charge on any atom is -0.459 e. The molecule has 5 rings (SSSR count). The number of likely N-dealkylation sites (N-methyl/N-ethyl adjacent to an activating group) is 1. The summed E-state index contributed by atoms with van der Waals surface area (Å²) >= 11 is 0. The van der Waals surface area contributed by atoms with Gasteiger partial charge in [-0.3, -0.25) is 9.59 Å². The lowest BCUT2D eigenvalue weighted by Crippen LogP contribution is -2.61. The molecule has 20 heteroatoms. The molecule has 3 aliphatic heterocycles. The quantitative estimate of drug-likeness (QED) is 0.199. The lowest BCUT2D eigenvalue weighted by atomic mass is 9.74. The first kappa shape index (κ1) is 56.9. The minimum absolute atomic E-state index is 0.0541. The van der Waals surface area contributed by atoms with Gasteiger partial charge < -0.3 is 58.5 Å². The molecule has 0 unspecified atom stereocenters. The number of benzene rings is 1. The maximum atomic E-state index is 14.4. The van der Waals surface area contributed by atoms with Crippen LogP contribution in [0.15, 0.2) is 35.4 Å². The molecular formula is C49H80N4O15S. The highest BCUT2D eigenvalue weighted by Crippen LogP contribution is 2.42. The Labute approximate surface area is 408 Å². The van der Waals surface area contributed by atoms with Crippen molar-refractivity contribution >= 4 is 21.6 Å². The molecule has 18 atom stereocenters. The fourth-order valence-corrected chi connectivity index (χ4v) is 11.2. The number of sulfone groups is 1. The van der Waals surface area contributed by atoms with Gasteiger partial charge in [0.1, 0.15) is 29.7 Å².